The molecule has 10 nitrogen and oxygen atoms in total. The summed E-state index contributed by atoms with van der Waals surface area (Å²) in [5.41, 5.74) is 15.3. The third-order valence-electron chi connectivity index (χ3n) is 7.01. The van der Waals surface area contributed by atoms with Crippen molar-refractivity contribution in [1.82, 2.24) is 9.97 Å². The molecule has 0 aliphatic carbocycles. The van der Waals surface area contributed by atoms with Crippen LogP contribution in [0.15, 0.2) is 77.8 Å². The Morgan fingerprint density at radius 1 is 0.727 bits per heavy atom. The van der Waals surface area contributed by atoms with Gasteiger partial charge in [-0.1, -0.05) is 12.1 Å². The summed E-state index contributed by atoms with van der Waals surface area (Å²) in [4.78, 5) is 7.84. The Morgan fingerprint density at radius 2 is 1.25 bits per heavy atom. The highest BCUT2D eigenvalue weighted by Crippen LogP contribution is 2.36. The lowest BCUT2D eigenvalue weighted by atomic mass is 9.78. The zero-order valence-corrected chi connectivity index (χ0v) is 27.0. The normalized spacial score (nSPS) is 14.1. The van der Waals surface area contributed by atoms with Crippen molar-refractivity contribution < 1.29 is 18.8 Å². The number of benzene rings is 2. The highest BCUT2D eigenvalue weighted by molar-refractivity contribution is 9.10. The molecule has 0 amide bonds. The first-order chi connectivity index (χ1) is 20.8. The van der Waals surface area contributed by atoms with Gasteiger partial charge in [-0.05, 0) is 91.0 Å². The molecular weight excluding hydrogens is 623 g/mol. The highest BCUT2D eigenvalue weighted by Gasteiger charge is 2.51. The first-order valence-corrected chi connectivity index (χ1v) is 14.2. The maximum Gasteiger partial charge on any atom is 0.494 e. The van der Waals surface area contributed by atoms with Gasteiger partial charge in [-0.3, -0.25) is 9.97 Å². The van der Waals surface area contributed by atoms with Crippen LogP contribution in [-0.4, -0.2) is 42.5 Å². The topological polar surface area (TPSA) is 162 Å². The summed E-state index contributed by atoms with van der Waals surface area (Å²) in [5.74, 6) is 1.09. The fraction of sp³-hybridized carbons (Fsp3) is 0.250. The van der Waals surface area contributed by atoms with E-state index in [-0.39, 0.29) is 11.2 Å². The Bertz CT molecular complexity index is 1650. The lowest BCUT2D eigenvalue weighted by Crippen LogP contribution is -2.41. The van der Waals surface area contributed by atoms with E-state index in [4.69, 9.17) is 40.8 Å². The van der Waals surface area contributed by atoms with E-state index in [2.05, 4.69) is 38.0 Å². The van der Waals surface area contributed by atoms with Crippen LogP contribution in [0.1, 0.15) is 38.8 Å². The minimum Gasteiger partial charge on any atom is -0.495 e. The second-order valence-electron chi connectivity index (χ2n) is 10.6. The Kier molecular flexibility index (Phi) is 11.3. The predicted octanol–water partition coefficient (Wildman–Crippen LogP) is 5.50. The number of pyridine rings is 2. The molecule has 12 heteroatoms. The van der Waals surface area contributed by atoms with Crippen LogP contribution in [-0.2, 0) is 9.31 Å². The van der Waals surface area contributed by atoms with E-state index >= 15 is 0 Å². The number of anilines is 2. The monoisotopic (exact) mass is 656 g/mol. The predicted molar refractivity (Wildman–Crippen MR) is 175 cm³/mol. The number of hydrogen-bond donors (Lipinski definition) is 2. The van der Waals surface area contributed by atoms with Gasteiger partial charge in [-0.25, -0.2) is 0 Å². The van der Waals surface area contributed by atoms with E-state index in [1.54, 1.807) is 62.2 Å². The maximum atomic E-state index is 8.98. The summed E-state index contributed by atoms with van der Waals surface area (Å²) in [7, 11) is 2.65. The Labute approximate surface area is 266 Å². The quantitative estimate of drug-likeness (QED) is 0.268. The van der Waals surface area contributed by atoms with Crippen LogP contribution in [0.5, 0.6) is 11.5 Å². The van der Waals surface area contributed by atoms with Crippen molar-refractivity contribution in [1.29, 1.82) is 10.5 Å². The molecule has 0 unspecified atom stereocenters. The molecule has 1 saturated heterocycles. The minimum absolute atomic E-state index is 0.376. The molecule has 4 aromatic rings. The van der Waals surface area contributed by atoms with E-state index in [1.807, 2.05) is 45.9 Å². The number of nitrogens with two attached hydrogens (primary N) is 2. The van der Waals surface area contributed by atoms with Gasteiger partial charge in [0.25, 0.3) is 0 Å². The molecule has 2 aromatic heterocycles. The Hall–Kier alpha value is -4.62. The number of aromatic nitrogens is 2. The third kappa shape index (κ3) is 8.48. The SMILES string of the molecule is COc1cc(-c2cncc(N)c2)ccc1C#N.COc1cc(B2OC(C)(C)C(C)(C)O2)ccc1C#N.Nc1cncc(Br)c1. The van der Waals surface area contributed by atoms with Gasteiger partial charge in [0.2, 0.25) is 0 Å². The van der Waals surface area contributed by atoms with Crippen LogP contribution in [0.3, 0.4) is 0 Å². The molecule has 44 heavy (non-hydrogen) atoms. The van der Waals surface area contributed by atoms with E-state index in [1.165, 1.54) is 7.11 Å². The molecule has 0 saturated carbocycles. The van der Waals surface area contributed by atoms with Gasteiger partial charge < -0.3 is 30.2 Å². The minimum atomic E-state index is -0.438. The van der Waals surface area contributed by atoms with Crippen molar-refractivity contribution in [2.45, 2.75) is 38.9 Å². The first-order valence-electron chi connectivity index (χ1n) is 13.4. The molecule has 4 N–H and O–H groups in total. The number of nitrogens with zero attached hydrogens (tertiary/aromatic N) is 4. The maximum absolute atomic E-state index is 8.98. The average Bonchev–Trinajstić information content (AvgIpc) is 3.23. The van der Waals surface area contributed by atoms with Crippen LogP contribution in [0.4, 0.5) is 11.4 Å². The second kappa shape index (κ2) is 14.7. The molecule has 3 heterocycles. The number of hydrogen-bond acceptors (Lipinski definition) is 10. The van der Waals surface area contributed by atoms with Crippen molar-refractivity contribution in [3.05, 3.63) is 88.9 Å². The zero-order valence-electron chi connectivity index (χ0n) is 25.5. The molecule has 1 fully saturated rings. The first kappa shape index (κ1) is 33.9. The zero-order chi connectivity index (χ0) is 32.5. The highest BCUT2D eigenvalue weighted by atomic mass is 79.9. The molecule has 1 aliphatic rings. The summed E-state index contributed by atoms with van der Waals surface area (Å²) in [6.45, 7) is 8.03. The van der Waals surface area contributed by atoms with Crippen molar-refractivity contribution in [2.75, 3.05) is 25.7 Å². The molecular formula is C32H34BBrN6O4. The van der Waals surface area contributed by atoms with Gasteiger partial charge in [0.1, 0.15) is 23.6 Å². The molecule has 0 radical (unpaired) electrons. The third-order valence-corrected chi connectivity index (χ3v) is 7.45. The van der Waals surface area contributed by atoms with Crippen LogP contribution in [0, 0.1) is 22.7 Å². The molecule has 1 aliphatic heterocycles. The largest absolute Gasteiger partial charge is 0.495 e. The smallest absolute Gasteiger partial charge is 0.494 e. The van der Waals surface area contributed by atoms with Crippen molar-refractivity contribution in [3.63, 3.8) is 0 Å². The Balaban J connectivity index is 0.000000194. The van der Waals surface area contributed by atoms with Crippen molar-refractivity contribution in [3.8, 4) is 34.8 Å². The summed E-state index contributed by atoms with van der Waals surface area (Å²) in [5, 5.41) is 17.9. The number of ether oxygens (including phenoxy) is 2. The van der Waals surface area contributed by atoms with E-state index in [0.717, 1.165) is 21.1 Å². The van der Waals surface area contributed by atoms with Crippen LogP contribution in [0.2, 0.25) is 0 Å². The molecule has 0 spiro atoms. The van der Waals surface area contributed by atoms with Crippen molar-refractivity contribution in [2.24, 2.45) is 0 Å². The van der Waals surface area contributed by atoms with Crippen LogP contribution < -0.4 is 26.4 Å². The fourth-order valence-corrected chi connectivity index (χ4v) is 4.32. The van der Waals surface area contributed by atoms with Crippen LogP contribution in [0.25, 0.3) is 11.1 Å². The number of nitrogen functional groups attached to an aromatic ring is 2. The Morgan fingerprint density at radius 3 is 1.73 bits per heavy atom. The van der Waals surface area contributed by atoms with Gasteiger partial charge in [0.15, 0.2) is 0 Å². The van der Waals surface area contributed by atoms with Gasteiger partial charge in [0, 0.05) is 34.8 Å². The number of halogens is 1. The summed E-state index contributed by atoms with van der Waals surface area (Å²) >= 11 is 3.22. The molecule has 5 rings (SSSR count). The van der Waals surface area contributed by atoms with E-state index in [9.17, 15) is 0 Å². The number of rotatable bonds is 4. The van der Waals surface area contributed by atoms with Gasteiger partial charge in [0.05, 0.1) is 47.9 Å². The summed E-state index contributed by atoms with van der Waals surface area (Å²) < 4.78 is 23.2. The van der Waals surface area contributed by atoms with Gasteiger partial charge in [-0.2, -0.15) is 10.5 Å². The van der Waals surface area contributed by atoms with E-state index in [0.29, 0.717) is 34.0 Å². The standard InChI is InChI=1S/C14H18BNO3.C13H11N3O.C5H5BrN2/c1-13(2)14(3,4)19-15(18-13)11-7-6-10(9-16)12(8-11)17-5;1-17-13-5-9(2-3-10(13)6-14)11-4-12(15)8-16-7-11;6-4-1-5(7)3-8-2-4/h6-8H,1-5H3;2-5,7-8H,15H2,1H3;1-3H,7H2. The molecule has 0 bridgehead atoms. The van der Waals surface area contributed by atoms with Gasteiger partial charge in [-0.15, -0.1) is 0 Å². The number of nitriles is 2. The van der Waals surface area contributed by atoms with Crippen molar-refractivity contribution >= 4 is 39.9 Å². The van der Waals surface area contributed by atoms with Crippen LogP contribution >= 0.6 is 15.9 Å². The molecule has 2 aromatic carbocycles. The molecule has 0 atom stereocenters. The fourth-order valence-electron chi connectivity index (χ4n) is 3.93. The molecule has 226 valence electrons. The summed E-state index contributed by atoms with van der Waals surface area (Å²) in [6, 6.07) is 18.5. The van der Waals surface area contributed by atoms with Gasteiger partial charge >= 0.3 is 7.12 Å². The average molecular weight is 657 g/mol. The number of methoxy groups -OCH3 is 2. The lowest BCUT2D eigenvalue weighted by Gasteiger charge is -2.32. The lowest BCUT2D eigenvalue weighted by molar-refractivity contribution is 0.00578. The second-order valence-corrected chi connectivity index (χ2v) is 11.5. The van der Waals surface area contributed by atoms with E-state index < -0.39 is 7.12 Å². The summed E-state index contributed by atoms with van der Waals surface area (Å²) in [6.07, 6.45) is 6.60.